The number of quaternary nitrogens is 2. The van der Waals surface area contributed by atoms with E-state index in [0.717, 1.165) is 24.1 Å². The van der Waals surface area contributed by atoms with Gasteiger partial charge in [-0.1, -0.05) is 12.8 Å². The lowest BCUT2D eigenvalue weighted by Crippen LogP contribution is -3.29. The first-order chi connectivity index (χ1) is 12.3. The van der Waals surface area contributed by atoms with Crippen LogP contribution in [0.15, 0.2) is 18.2 Å². The summed E-state index contributed by atoms with van der Waals surface area (Å²) in [5.41, 5.74) is 1.36. The maximum atomic E-state index is 5.73. The van der Waals surface area contributed by atoms with Crippen LogP contribution in [0.3, 0.4) is 0 Å². The van der Waals surface area contributed by atoms with Gasteiger partial charge in [0.2, 0.25) is 0 Å². The predicted molar refractivity (Wildman–Crippen MR) is 101 cm³/mol. The molecular weight excluding hydrogens is 312 g/mol. The fourth-order valence-corrected chi connectivity index (χ4v) is 4.59. The van der Waals surface area contributed by atoms with Crippen LogP contribution in [0.2, 0.25) is 0 Å². The van der Waals surface area contributed by atoms with E-state index in [1.807, 2.05) is 17.9 Å². The SMILES string of the molecule is CCOc1cc(C[NH+]2CC[NH+](C3CCCCCC3)CC2)ccc1OC. The Balaban J connectivity index is 1.52. The maximum Gasteiger partial charge on any atom is 0.161 e. The molecule has 0 amide bonds. The van der Waals surface area contributed by atoms with Gasteiger partial charge in [-0.05, 0) is 50.8 Å². The number of nitrogens with one attached hydrogen (secondary N) is 2. The van der Waals surface area contributed by atoms with Gasteiger partial charge in [0.25, 0.3) is 0 Å². The molecule has 0 aromatic heterocycles. The fraction of sp³-hybridized carbons (Fsp3) is 0.714. The molecule has 1 aromatic rings. The lowest BCUT2D eigenvalue weighted by molar-refractivity contribution is -1.03. The van der Waals surface area contributed by atoms with Crippen molar-refractivity contribution in [3.63, 3.8) is 0 Å². The molecule has 4 heteroatoms. The average Bonchev–Trinajstić information content (AvgIpc) is 2.92. The highest BCUT2D eigenvalue weighted by Crippen LogP contribution is 2.27. The summed E-state index contributed by atoms with van der Waals surface area (Å²) in [6, 6.07) is 7.35. The summed E-state index contributed by atoms with van der Waals surface area (Å²) in [5, 5.41) is 0. The molecule has 4 nitrogen and oxygen atoms in total. The van der Waals surface area contributed by atoms with Gasteiger partial charge >= 0.3 is 0 Å². The predicted octanol–water partition coefficient (Wildman–Crippen LogP) is 1.10. The summed E-state index contributed by atoms with van der Waals surface area (Å²) >= 11 is 0. The van der Waals surface area contributed by atoms with Crippen molar-refractivity contribution in [3.8, 4) is 11.5 Å². The molecule has 1 saturated heterocycles. The van der Waals surface area contributed by atoms with Crippen molar-refractivity contribution in [1.29, 1.82) is 0 Å². The van der Waals surface area contributed by atoms with E-state index in [-0.39, 0.29) is 0 Å². The Morgan fingerprint density at radius 2 is 1.68 bits per heavy atom. The maximum absolute atomic E-state index is 5.73. The van der Waals surface area contributed by atoms with Crippen LogP contribution in [0.5, 0.6) is 11.5 Å². The molecule has 0 unspecified atom stereocenters. The van der Waals surface area contributed by atoms with Gasteiger partial charge in [0.1, 0.15) is 32.7 Å². The van der Waals surface area contributed by atoms with Crippen molar-refractivity contribution >= 4 is 0 Å². The summed E-state index contributed by atoms with van der Waals surface area (Å²) in [6.07, 6.45) is 8.75. The van der Waals surface area contributed by atoms with Crippen LogP contribution in [0, 0.1) is 0 Å². The lowest BCUT2D eigenvalue weighted by Gasteiger charge is -2.34. The molecule has 3 rings (SSSR count). The molecule has 0 spiro atoms. The number of benzene rings is 1. The van der Waals surface area contributed by atoms with Gasteiger partial charge in [0, 0.05) is 5.56 Å². The van der Waals surface area contributed by atoms with Gasteiger partial charge in [0.15, 0.2) is 11.5 Å². The molecule has 1 aliphatic heterocycles. The van der Waals surface area contributed by atoms with Crippen LogP contribution >= 0.6 is 0 Å². The normalized spacial score (nSPS) is 25.4. The Morgan fingerprint density at radius 3 is 2.32 bits per heavy atom. The van der Waals surface area contributed by atoms with Crippen LogP contribution in [0.1, 0.15) is 51.0 Å². The van der Waals surface area contributed by atoms with Crippen molar-refractivity contribution in [2.24, 2.45) is 0 Å². The molecule has 1 aliphatic carbocycles. The van der Waals surface area contributed by atoms with Crippen LogP contribution in [-0.4, -0.2) is 45.9 Å². The first-order valence-electron chi connectivity index (χ1n) is 10.3. The molecule has 2 aliphatic rings. The van der Waals surface area contributed by atoms with Gasteiger partial charge in [-0.25, -0.2) is 0 Å². The van der Waals surface area contributed by atoms with E-state index in [9.17, 15) is 0 Å². The third kappa shape index (κ3) is 5.11. The van der Waals surface area contributed by atoms with Crippen LogP contribution in [-0.2, 0) is 6.54 Å². The minimum absolute atomic E-state index is 0.677. The van der Waals surface area contributed by atoms with Crippen LogP contribution in [0.4, 0.5) is 0 Å². The van der Waals surface area contributed by atoms with E-state index in [1.165, 1.54) is 70.3 Å². The third-order valence-corrected chi connectivity index (χ3v) is 6.01. The van der Waals surface area contributed by atoms with Crippen molar-refractivity contribution < 1.29 is 19.3 Å². The van der Waals surface area contributed by atoms with Gasteiger partial charge in [-0.3, -0.25) is 0 Å². The summed E-state index contributed by atoms with van der Waals surface area (Å²) in [7, 11) is 1.71. The van der Waals surface area contributed by atoms with E-state index in [4.69, 9.17) is 9.47 Å². The number of hydrogen-bond donors (Lipinski definition) is 2. The summed E-state index contributed by atoms with van der Waals surface area (Å²) in [5.74, 6) is 1.72. The Hall–Kier alpha value is -1.26. The minimum Gasteiger partial charge on any atom is -0.493 e. The molecular formula is C21H36N2O2+2. The van der Waals surface area contributed by atoms with Crippen LogP contribution in [0.25, 0.3) is 0 Å². The van der Waals surface area contributed by atoms with Crippen molar-refractivity contribution in [2.45, 2.75) is 58.0 Å². The molecule has 2 N–H and O–H groups in total. The zero-order chi connectivity index (χ0) is 17.5. The van der Waals surface area contributed by atoms with Crippen molar-refractivity contribution in [3.05, 3.63) is 23.8 Å². The Kier molecular flexibility index (Phi) is 7.00. The Bertz CT molecular complexity index is 519. The van der Waals surface area contributed by atoms with Gasteiger partial charge in [-0.15, -0.1) is 0 Å². The number of ether oxygens (including phenoxy) is 2. The largest absolute Gasteiger partial charge is 0.493 e. The fourth-order valence-electron chi connectivity index (χ4n) is 4.59. The summed E-state index contributed by atoms with van der Waals surface area (Å²) < 4.78 is 11.1. The van der Waals surface area contributed by atoms with E-state index in [2.05, 4.69) is 12.1 Å². The third-order valence-electron chi connectivity index (χ3n) is 6.01. The van der Waals surface area contributed by atoms with Gasteiger partial charge in [-0.2, -0.15) is 0 Å². The highest BCUT2D eigenvalue weighted by molar-refractivity contribution is 5.42. The second kappa shape index (κ2) is 9.44. The quantitative estimate of drug-likeness (QED) is 0.754. The monoisotopic (exact) mass is 348 g/mol. The molecule has 1 aromatic carbocycles. The Labute approximate surface area is 153 Å². The van der Waals surface area contributed by atoms with Crippen molar-refractivity contribution in [1.82, 2.24) is 0 Å². The highest BCUT2D eigenvalue weighted by atomic mass is 16.5. The highest BCUT2D eigenvalue weighted by Gasteiger charge is 2.29. The summed E-state index contributed by atoms with van der Waals surface area (Å²) in [4.78, 5) is 3.60. The first kappa shape index (κ1) is 18.5. The van der Waals surface area contributed by atoms with Gasteiger partial charge < -0.3 is 19.3 Å². The average molecular weight is 349 g/mol. The zero-order valence-corrected chi connectivity index (χ0v) is 16.1. The first-order valence-corrected chi connectivity index (χ1v) is 10.3. The lowest BCUT2D eigenvalue weighted by atomic mass is 10.1. The number of piperazine rings is 1. The number of rotatable bonds is 6. The smallest absolute Gasteiger partial charge is 0.161 e. The Morgan fingerprint density at radius 1 is 0.960 bits per heavy atom. The molecule has 0 radical (unpaired) electrons. The number of hydrogen-bond acceptors (Lipinski definition) is 2. The molecule has 0 bridgehead atoms. The molecule has 25 heavy (non-hydrogen) atoms. The van der Waals surface area contributed by atoms with Crippen molar-refractivity contribution in [2.75, 3.05) is 39.9 Å². The summed E-state index contributed by atoms with van der Waals surface area (Å²) in [6.45, 7) is 9.07. The van der Waals surface area contributed by atoms with E-state index >= 15 is 0 Å². The zero-order valence-electron chi connectivity index (χ0n) is 16.1. The topological polar surface area (TPSA) is 27.3 Å². The molecule has 2 fully saturated rings. The molecule has 140 valence electrons. The molecule has 0 atom stereocenters. The van der Waals surface area contributed by atoms with E-state index < -0.39 is 0 Å². The van der Waals surface area contributed by atoms with Crippen LogP contribution < -0.4 is 19.3 Å². The standard InChI is InChI=1S/C21H34N2O2/c1-3-25-21-16-18(10-11-20(21)24-2)17-22-12-14-23(15-13-22)19-8-6-4-5-7-9-19/h10-11,16,19H,3-9,12-15,17H2,1-2H3/p+2. The van der Waals surface area contributed by atoms with E-state index in [0.29, 0.717) is 6.61 Å². The minimum atomic E-state index is 0.677. The van der Waals surface area contributed by atoms with Gasteiger partial charge in [0.05, 0.1) is 19.8 Å². The molecule has 1 saturated carbocycles. The molecule has 1 heterocycles. The number of methoxy groups -OCH3 is 1. The van der Waals surface area contributed by atoms with E-state index in [1.54, 1.807) is 12.0 Å². The second-order valence-electron chi connectivity index (χ2n) is 7.69. The second-order valence-corrected chi connectivity index (χ2v) is 7.69.